The Morgan fingerprint density at radius 2 is 1.86 bits per heavy atom. The zero-order chi connectivity index (χ0) is 20.4. The number of nitrogens with one attached hydrogen (secondary N) is 2. The molecular formula is C21H26BrN5O2. The normalized spacial score (nSPS) is 24.0. The number of hydrogen-bond donors (Lipinski definition) is 2. The number of rotatable bonds is 5. The molecule has 0 radical (unpaired) electrons. The summed E-state index contributed by atoms with van der Waals surface area (Å²) in [5, 5.41) is 7.55. The zero-order valence-electron chi connectivity index (χ0n) is 16.7. The number of nitrogens with zero attached hydrogens (tertiary/aromatic N) is 3. The number of ether oxygens (including phenoxy) is 1. The SMILES string of the molecule is CN(C)c1nc(NC2CCC(NC(=O)C3=CCC(Br)O3)CC2)nc2ccccc12. The van der Waals surface area contributed by atoms with Gasteiger partial charge in [-0.2, -0.15) is 4.98 Å². The zero-order valence-corrected chi connectivity index (χ0v) is 18.3. The van der Waals surface area contributed by atoms with Crippen LogP contribution >= 0.6 is 15.9 Å². The number of aromatic nitrogens is 2. The van der Waals surface area contributed by atoms with Crippen molar-refractivity contribution in [2.24, 2.45) is 0 Å². The van der Waals surface area contributed by atoms with Gasteiger partial charge >= 0.3 is 0 Å². The second-order valence-corrected chi connectivity index (χ2v) is 8.80. The molecule has 2 aromatic rings. The molecule has 1 aromatic heterocycles. The maximum absolute atomic E-state index is 12.3. The molecule has 1 amide bonds. The molecule has 1 saturated carbocycles. The van der Waals surface area contributed by atoms with Gasteiger partial charge in [0.15, 0.2) is 10.8 Å². The van der Waals surface area contributed by atoms with E-state index in [1.807, 2.05) is 49.3 Å². The lowest BCUT2D eigenvalue weighted by molar-refractivity contribution is -0.121. The number of fused-ring (bicyclic) bond motifs is 1. The highest BCUT2D eigenvalue weighted by Gasteiger charge is 2.27. The molecule has 2 heterocycles. The summed E-state index contributed by atoms with van der Waals surface area (Å²) in [5.41, 5.74) is 0.935. The van der Waals surface area contributed by atoms with E-state index >= 15 is 0 Å². The van der Waals surface area contributed by atoms with Crippen molar-refractivity contribution < 1.29 is 9.53 Å². The minimum atomic E-state index is -0.114. The van der Waals surface area contributed by atoms with Crippen molar-refractivity contribution in [2.45, 2.75) is 49.2 Å². The van der Waals surface area contributed by atoms with Gasteiger partial charge in [-0.15, -0.1) is 0 Å². The van der Waals surface area contributed by atoms with E-state index in [9.17, 15) is 4.79 Å². The second kappa shape index (κ2) is 8.57. The molecule has 0 saturated heterocycles. The number of alkyl halides is 1. The maximum Gasteiger partial charge on any atom is 0.286 e. The van der Waals surface area contributed by atoms with E-state index in [-0.39, 0.29) is 17.0 Å². The maximum atomic E-state index is 12.3. The van der Waals surface area contributed by atoms with Gasteiger partial charge in [0.1, 0.15) is 5.82 Å². The molecule has 7 nitrogen and oxygen atoms in total. The van der Waals surface area contributed by atoms with Gasteiger partial charge in [0.05, 0.1) is 5.52 Å². The standard InChI is InChI=1S/C21H26BrN5O2/c1-27(2)19-15-5-3-4-6-16(15)25-21(26-19)24-14-9-7-13(8-10-14)23-20(28)17-11-12-18(22)29-17/h3-6,11,13-14,18H,7-10,12H2,1-2H3,(H,23,28)(H,24,25,26). The number of hydrogen-bond acceptors (Lipinski definition) is 6. The quantitative estimate of drug-likeness (QED) is 0.665. The smallest absolute Gasteiger partial charge is 0.286 e. The number of halogens is 1. The van der Waals surface area contributed by atoms with E-state index < -0.39 is 0 Å². The van der Waals surface area contributed by atoms with Crippen molar-refractivity contribution in [2.75, 3.05) is 24.3 Å². The van der Waals surface area contributed by atoms with E-state index in [1.54, 1.807) is 0 Å². The summed E-state index contributed by atoms with van der Waals surface area (Å²) < 4.78 is 5.46. The summed E-state index contributed by atoms with van der Waals surface area (Å²) in [6, 6.07) is 8.53. The van der Waals surface area contributed by atoms with Gasteiger partial charge in [0, 0.05) is 38.0 Å². The Bertz CT molecular complexity index is 924. The van der Waals surface area contributed by atoms with E-state index in [0.717, 1.165) is 48.8 Å². The molecule has 1 atom stereocenters. The Morgan fingerprint density at radius 3 is 2.55 bits per heavy atom. The molecule has 1 unspecified atom stereocenters. The van der Waals surface area contributed by atoms with Crippen LogP contribution in [0.25, 0.3) is 10.9 Å². The monoisotopic (exact) mass is 459 g/mol. The van der Waals surface area contributed by atoms with Crippen LogP contribution < -0.4 is 15.5 Å². The first-order chi connectivity index (χ1) is 14.0. The van der Waals surface area contributed by atoms with Crippen LogP contribution in [-0.2, 0) is 9.53 Å². The van der Waals surface area contributed by atoms with Crippen molar-refractivity contribution >= 4 is 44.5 Å². The minimum Gasteiger partial charge on any atom is -0.473 e. The van der Waals surface area contributed by atoms with Crippen molar-refractivity contribution in [3.8, 4) is 0 Å². The molecule has 1 aliphatic carbocycles. The Labute approximate surface area is 179 Å². The third-order valence-corrected chi connectivity index (χ3v) is 5.93. The minimum absolute atomic E-state index is 0.0859. The molecule has 8 heteroatoms. The van der Waals surface area contributed by atoms with E-state index in [4.69, 9.17) is 14.7 Å². The molecule has 29 heavy (non-hydrogen) atoms. The molecule has 2 N–H and O–H groups in total. The van der Waals surface area contributed by atoms with Crippen LogP contribution in [0.1, 0.15) is 32.1 Å². The molecular weight excluding hydrogens is 434 g/mol. The summed E-state index contributed by atoms with van der Waals surface area (Å²) in [6.07, 6.45) is 6.31. The predicted octanol–water partition coefficient (Wildman–Crippen LogP) is 3.56. The number of carbonyl (C=O) groups is 1. The largest absolute Gasteiger partial charge is 0.473 e. The van der Waals surface area contributed by atoms with Gasteiger partial charge in [-0.3, -0.25) is 4.79 Å². The van der Waals surface area contributed by atoms with Gasteiger partial charge in [0.25, 0.3) is 5.91 Å². The number of para-hydroxylation sites is 1. The third kappa shape index (κ3) is 4.63. The van der Waals surface area contributed by atoms with E-state index in [0.29, 0.717) is 17.7 Å². The summed E-state index contributed by atoms with van der Waals surface area (Å²) >= 11 is 3.36. The molecule has 4 rings (SSSR count). The van der Waals surface area contributed by atoms with Crippen molar-refractivity contribution in [1.82, 2.24) is 15.3 Å². The number of carbonyl (C=O) groups excluding carboxylic acids is 1. The summed E-state index contributed by atoms with van der Waals surface area (Å²) in [6.45, 7) is 0. The first-order valence-corrected chi connectivity index (χ1v) is 10.9. The summed E-state index contributed by atoms with van der Waals surface area (Å²) in [4.78, 5) is 23.7. The Hall–Kier alpha value is -2.35. The number of anilines is 2. The third-order valence-electron chi connectivity index (χ3n) is 5.37. The molecule has 1 fully saturated rings. The van der Waals surface area contributed by atoms with Gasteiger partial charge in [-0.05, 0) is 59.8 Å². The fraction of sp³-hybridized carbons (Fsp3) is 0.476. The number of amides is 1. The summed E-state index contributed by atoms with van der Waals surface area (Å²) in [5.74, 6) is 1.88. The highest BCUT2D eigenvalue weighted by Crippen LogP contribution is 2.27. The molecule has 154 valence electrons. The lowest BCUT2D eigenvalue weighted by Gasteiger charge is -2.30. The van der Waals surface area contributed by atoms with Crippen LogP contribution in [0.5, 0.6) is 0 Å². The van der Waals surface area contributed by atoms with E-state index in [2.05, 4.69) is 26.6 Å². The van der Waals surface area contributed by atoms with Crippen LogP contribution in [0.2, 0.25) is 0 Å². The van der Waals surface area contributed by atoms with Crippen LogP contribution in [0.15, 0.2) is 36.1 Å². The molecule has 0 spiro atoms. The lowest BCUT2D eigenvalue weighted by Crippen LogP contribution is -2.41. The Balaban J connectivity index is 1.36. The lowest BCUT2D eigenvalue weighted by atomic mass is 9.91. The Kier molecular flexibility index (Phi) is 5.89. The van der Waals surface area contributed by atoms with Gasteiger partial charge < -0.3 is 20.3 Å². The topological polar surface area (TPSA) is 79.4 Å². The van der Waals surface area contributed by atoms with Crippen molar-refractivity contribution in [3.63, 3.8) is 0 Å². The van der Waals surface area contributed by atoms with Crippen LogP contribution in [0, 0.1) is 0 Å². The first kappa shape index (κ1) is 19.9. The van der Waals surface area contributed by atoms with Crippen LogP contribution in [-0.4, -0.2) is 47.1 Å². The average molecular weight is 460 g/mol. The molecule has 2 aliphatic rings. The van der Waals surface area contributed by atoms with Crippen LogP contribution in [0.4, 0.5) is 11.8 Å². The first-order valence-electron chi connectivity index (χ1n) is 10.0. The van der Waals surface area contributed by atoms with Gasteiger partial charge in [0.2, 0.25) is 5.95 Å². The summed E-state index contributed by atoms with van der Waals surface area (Å²) in [7, 11) is 3.99. The van der Waals surface area contributed by atoms with Gasteiger partial charge in [-0.1, -0.05) is 12.1 Å². The fourth-order valence-corrected chi connectivity index (χ4v) is 4.25. The van der Waals surface area contributed by atoms with Crippen LogP contribution in [0.3, 0.4) is 0 Å². The highest BCUT2D eigenvalue weighted by atomic mass is 79.9. The molecule has 1 aliphatic heterocycles. The number of benzene rings is 1. The molecule has 1 aromatic carbocycles. The predicted molar refractivity (Wildman–Crippen MR) is 118 cm³/mol. The van der Waals surface area contributed by atoms with Crippen molar-refractivity contribution in [3.05, 3.63) is 36.1 Å². The molecule has 0 bridgehead atoms. The average Bonchev–Trinajstić information content (AvgIpc) is 3.15. The van der Waals surface area contributed by atoms with Crippen molar-refractivity contribution in [1.29, 1.82) is 0 Å². The fourth-order valence-electron chi connectivity index (χ4n) is 3.87. The van der Waals surface area contributed by atoms with E-state index in [1.165, 1.54) is 0 Å². The van der Waals surface area contributed by atoms with Gasteiger partial charge in [-0.25, -0.2) is 4.98 Å². The Morgan fingerprint density at radius 1 is 1.14 bits per heavy atom. The highest BCUT2D eigenvalue weighted by molar-refractivity contribution is 9.09. The second-order valence-electron chi connectivity index (χ2n) is 7.78.